The second kappa shape index (κ2) is 11.1. The molecule has 3 heterocycles. The summed E-state index contributed by atoms with van der Waals surface area (Å²) in [5.41, 5.74) is 4.01. The summed E-state index contributed by atoms with van der Waals surface area (Å²) < 4.78 is 33.7. The molecule has 5 aromatic rings. The van der Waals surface area contributed by atoms with E-state index in [-0.39, 0.29) is 10.8 Å². The minimum Gasteiger partial charge on any atom is -0.468 e. The van der Waals surface area contributed by atoms with E-state index in [1.807, 2.05) is 68.6 Å². The number of furan rings is 1. The Hall–Kier alpha value is -4.15. The van der Waals surface area contributed by atoms with Crippen molar-refractivity contribution < 1.29 is 12.8 Å². The number of hydrogen-bond donors (Lipinski definition) is 0. The average Bonchev–Trinajstić information content (AvgIpc) is 3.58. The summed E-state index contributed by atoms with van der Waals surface area (Å²) in [5.74, 6) is 0.791. The first-order chi connectivity index (χ1) is 18.4. The molecule has 0 aliphatic carbocycles. The monoisotopic (exact) mass is 528 g/mol. The third kappa shape index (κ3) is 5.87. The van der Waals surface area contributed by atoms with E-state index in [0.29, 0.717) is 18.9 Å². The number of aryl methyl sites for hydroxylation is 2. The Kier molecular flexibility index (Phi) is 7.43. The van der Waals surface area contributed by atoms with Crippen molar-refractivity contribution in [3.63, 3.8) is 0 Å². The van der Waals surface area contributed by atoms with Crippen LogP contribution in [-0.4, -0.2) is 38.5 Å². The van der Waals surface area contributed by atoms with Crippen molar-refractivity contribution in [2.45, 2.75) is 43.8 Å². The zero-order valence-corrected chi connectivity index (χ0v) is 22.0. The molecular weight excluding hydrogens is 500 g/mol. The molecule has 0 unspecified atom stereocenters. The smallest absolute Gasteiger partial charge is 0.198 e. The number of nitrogens with zero attached hydrogens (tertiary/aromatic N) is 6. The molecule has 0 fully saturated rings. The molecule has 0 spiro atoms. The number of tetrazole rings is 1. The molecule has 0 saturated heterocycles. The third-order valence-corrected chi connectivity index (χ3v) is 7.86. The molecule has 0 N–H and O–H groups in total. The van der Waals surface area contributed by atoms with E-state index in [1.165, 1.54) is 4.68 Å². The zero-order chi connectivity index (χ0) is 26.5. The van der Waals surface area contributed by atoms with Crippen molar-refractivity contribution in [3.05, 3.63) is 125 Å². The van der Waals surface area contributed by atoms with Gasteiger partial charge in [0, 0.05) is 18.9 Å². The first-order valence-corrected chi connectivity index (χ1v) is 13.8. The lowest BCUT2D eigenvalue weighted by Gasteiger charge is -2.30. The molecule has 194 valence electrons. The van der Waals surface area contributed by atoms with E-state index in [2.05, 4.69) is 25.4 Å². The van der Waals surface area contributed by atoms with E-state index >= 15 is 0 Å². The number of aromatic nitrogens is 5. The highest BCUT2D eigenvalue weighted by Crippen LogP contribution is 2.31. The number of pyridine rings is 1. The molecule has 0 amide bonds. The van der Waals surface area contributed by atoms with E-state index in [1.54, 1.807) is 36.7 Å². The molecule has 10 heteroatoms. The van der Waals surface area contributed by atoms with Crippen LogP contribution in [0.2, 0.25) is 0 Å². The number of rotatable bonds is 10. The van der Waals surface area contributed by atoms with Crippen LogP contribution in [0.15, 0.2) is 101 Å². The fourth-order valence-electron chi connectivity index (χ4n) is 4.32. The van der Waals surface area contributed by atoms with E-state index in [9.17, 15) is 8.42 Å². The van der Waals surface area contributed by atoms with Gasteiger partial charge in [0.05, 0.1) is 23.7 Å². The Labute approximate surface area is 221 Å². The average molecular weight is 529 g/mol. The van der Waals surface area contributed by atoms with Gasteiger partial charge in [0.25, 0.3) is 0 Å². The van der Waals surface area contributed by atoms with Gasteiger partial charge in [-0.15, -0.1) is 5.10 Å². The summed E-state index contributed by atoms with van der Waals surface area (Å²) in [6.07, 6.45) is 5.18. The predicted molar refractivity (Wildman–Crippen MR) is 141 cm³/mol. The Morgan fingerprint density at radius 3 is 2.32 bits per heavy atom. The van der Waals surface area contributed by atoms with Crippen LogP contribution in [0, 0.1) is 13.8 Å². The zero-order valence-electron chi connectivity index (χ0n) is 21.2. The first-order valence-electron chi connectivity index (χ1n) is 12.2. The topological polar surface area (TPSA) is 107 Å². The number of benzene rings is 2. The maximum absolute atomic E-state index is 13.3. The summed E-state index contributed by atoms with van der Waals surface area (Å²) >= 11 is 0. The van der Waals surface area contributed by atoms with Crippen molar-refractivity contribution in [1.82, 2.24) is 30.1 Å². The van der Waals surface area contributed by atoms with E-state index < -0.39 is 15.9 Å². The molecular formula is C28H28N6O3S. The fraction of sp³-hybridized carbons (Fsp3) is 0.214. The van der Waals surface area contributed by atoms with Crippen LogP contribution in [0.5, 0.6) is 0 Å². The molecule has 0 aliphatic rings. The SMILES string of the molecule is Cc1ccc([C@H](c2nnnn2CS(=O)(=O)c2ccc(C)cc2)N(Cc2cccnc2)Cc2ccco2)cc1. The van der Waals surface area contributed by atoms with Crippen LogP contribution >= 0.6 is 0 Å². The Morgan fingerprint density at radius 1 is 0.921 bits per heavy atom. The largest absolute Gasteiger partial charge is 0.468 e. The molecule has 38 heavy (non-hydrogen) atoms. The highest BCUT2D eigenvalue weighted by Gasteiger charge is 2.31. The highest BCUT2D eigenvalue weighted by atomic mass is 32.2. The number of hydrogen-bond acceptors (Lipinski definition) is 8. The van der Waals surface area contributed by atoms with Gasteiger partial charge in [0.15, 0.2) is 21.5 Å². The third-order valence-electron chi connectivity index (χ3n) is 6.28. The minimum atomic E-state index is -3.71. The summed E-state index contributed by atoms with van der Waals surface area (Å²) in [7, 11) is -3.71. The second-order valence-corrected chi connectivity index (χ2v) is 11.2. The molecule has 2 aromatic carbocycles. The quantitative estimate of drug-likeness (QED) is 0.261. The van der Waals surface area contributed by atoms with E-state index in [4.69, 9.17) is 4.42 Å². The Balaban J connectivity index is 1.58. The van der Waals surface area contributed by atoms with Gasteiger partial charge in [0.1, 0.15) is 5.76 Å². The molecule has 0 saturated carbocycles. The van der Waals surface area contributed by atoms with Crippen LogP contribution in [0.1, 0.15) is 39.9 Å². The predicted octanol–water partition coefficient (Wildman–Crippen LogP) is 4.50. The molecule has 1 atom stereocenters. The van der Waals surface area contributed by atoms with Gasteiger partial charge in [-0.25, -0.2) is 13.1 Å². The van der Waals surface area contributed by atoms with Gasteiger partial charge in [-0.3, -0.25) is 9.88 Å². The Bertz CT molecular complexity index is 1570. The van der Waals surface area contributed by atoms with Crippen molar-refractivity contribution in [2.75, 3.05) is 0 Å². The van der Waals surface area contributed by atoms with Gasteiger partial charge < -0.3 is 4.42 Å². The van der Waals surface area contributed by atoms with Gasteiger partial charge in [-0.05, 0) is 65.7 Å². The van der Waals surface area contributed by atoms with Crippen molar-refractivity contribution in [2.24, 2.45) is 0 Å². The van der Waals surface area contributed by atoms with E-state index in [0.717, 1.165) is 28.0 Å². The molecule has 3 aromatic heterocycles. The van der Waals surface area contributed by atoms with Gasteiger partial charge in [0.2, 0.25) is 0 Å². The van der Waals surface area contributed by atoms with Crippen LogP contribution in [0.25, 0.3) is 0 Å². The van der Waals surface area contributed by atoms with Crippen molar-refractivity contribution in [1.29, 1.82) is 0 Å². The Morgan fingerprint density at radius 2 is 1.66 bits per heavy atom. The van der Waals surface area contributed by atoms with Crippen LogP contribution in [-0.2, 0) is 28.8 Å². The molecule has 0 radical (unpaired) electrons. The lowest BCUT2D eigenvalue weighted by atomic mass is 10.0. The fourth-order valence-corrected chi connectivity index (χ4v) is 5.53. The van der Waals surface area contributed by atoms with Crippen LogP contribution in [0.4, 0.5) is 0 Å². The van der Waals surface area contributed by atoms with Gasteiger partial charge >= 0.3 is 0 Å². The summed E-state index contributed by atoms with van der Waals surface area (Å²) in [6, 6.07) is 22.0. The molecule has 5 rings (SSSR count). The van der Waals surface area contributed by atoms with Crippen LogP contribution < -0.4 is 0 Å². The first kappa shape index (κ1) is 25.5. The maximum atomic E-state index is 13.3. The highest BCUT2D eigenvalue weighted by molar-refractivity contribution is 7.90. The molecule has 9 nitrogen and oxygen atoms in total. The summed E-state index contributed by atoms with van der Waals surface area (Å²) in [6.45, 7) is 4.88. The van der Waals surface area contributed by atoms with Crippen molar-refractivity contribution in [3.8, 4) is 0 Å². The molecule has 0 aliphatic heterocycles. The second-order valence-electron chi connectivity index (χ2n) is 9.25. The number of sulfone groups is 1. The minimum absolute atomic E-state index is 0.222. The normalized spacial score (nSPS) is 12.6. The lowest BCUT2D eigenvalue weighted by molar-refractivity contribution is 0.180. The van der Waals surface area contributed by atoms with Gasteiger partial charge in [-0.2, -0.15) is 0 Å². The van der Waals surface area contributed by atoms with Gasteiger partial charge in [-0.1, -0.05) is 53.6 Å². The van der Waals surface area contributed by atoms with Crippen molar-refractivity contribution >= 4 is 9.84 Å². The lowest BCUT2D eigenvalue weighted by Crippen LogP contribution is -2.32. The summed E-state index contributed by atoms with van der Waals surface area (Å²) in [5, 5.41) is 12.4. The standard InChI is InChI=1S/C28H28N6O3S/c1-21-7-11-24(12-8-21)27(33(19-25-6-4-16-37-25)18-23-5-3-15-29-17-23)28-30-31-32-34(28)20-38(35,36)26-13-9-22(2)10-14-26/h3-17,27H,18-20H2,1-2H3/t27-/m1/s1. The maximum Gasteiger partial charge on any atom is 0.198 e. The molecule has 0 bridgehead atoms. The van der Waals surface area contributed by atoms with Crippen LogP contribution in [0.3, 0.4) is 0 Å². The summed E-state index contributed by atoms with van der Waals surface area (Å²) in [4.78, 5) is 6.65.